The first-order valence-corrected chi connectivity index (χ1v) is 14.0. The number of hydrogen-bond acceptors (Lipinski definition) is 7. The number of carbonyl (C=O) groups is 1. The quantitative estimate of drug-likeness (QED) is 0.440. The van der Waals surface area contributed by atoms with Gasteiger partial charge >= 0.3 is 6.18 Å². The van der Waals surface area contributed by atoms with Gasteiger partial charge in [-0.15, -0.1) is 11.8 Å². The minimum atomic E-state index is -4.37. The monoisotopic (exact) mass is 556 g/mol. The van der Waals surface area contributed by atoms with Crippen LogP contribution in [0.15, 0.2) is 73.2 Å². The first-order chi connectivity index (χ1) is 18.9. The molecule has 1 amide bonds. The van der Waals surface area contributed by atoms with Crippen LogP contribution in [0.1, 0.15) is 28.4 Å². The summed E-state index contributed by atoms with van der Waals surface area (Å²) in [6, 6.07) is 14.6. The van der Waals surface area contributed by atoms with Gasteiger partial charge in [0, 0.05) is 75.7 Å². The van der Waals surface area contributed by atoms with Crippen molar-refractivity contribution in [2.45, 2.75) is 17.1 Å². The Morgan fingerprint density at radius 3 is 2.46 bits per heavy atom. The van der Waals surface area contributed by atoms with Crippen molar-refractivity contribution in [3.05, 3.63) is 95.6 Å². The van der Waals surface area contributed by atoms with Crippen molar-refractivity contribution in [2.75, 3.05) is 51.6 Å². The lowest BCUT2D eigenvalue weighted by atomic mass is 9.99. The fourth-order valence-corrected chi connectivity index (χ4v) is 6.38. The number of rotatable bonds is 8. The summed E-state index contributed by atoms with van der Waals surface area (Å²) in [5.74, 6) is 0.787. The Labute approximate surface area is 230 Å². The normalized spacial score (nSPS) is 21.5. The molecule has 1 aromatic carbocycles. The van der Waals surface area contributed by atoms with Crippen LogP contribution in [0.25, 0.3) is 0 Å². The molecule has 2 aliphatic heterocycles. The number of benzene rings is 1. The Kier molecular flexibility index (Phi) is 8.51. The SMILES string of the molecule is O=C(NCCN1CCN(C(c2ccc(C(F)(F)F)cc2)c2ccccn2)CC1)[C@]1(c2cccnc2)NCCS1. The van der Waals surface area contributed by atoms with E-state index in [0.29, 0.717) is 13.1 Å². The number of nitrogens with zero attached hydrogens (tertiary/aromatic N) is 4. The lowest BCUT2D eigenvalue weighted by Gasteiger charge is -2.39. The topological polar surface area (TPSA) is 73.4 Å². The average molecular weight is 557 g/mol. The first kappa shape index (κ1) is 27.6. The predicted molar refractivity (Wildman–Crippen MR) is 145 cm³/mol. The molecule has 1 unspecified atom stereocenters. The molecule has 3 aromatic rings. The van der Waals surface area contributed by atoms with Crippen LogP contribution in [-0.4, -0.2) is 77.2 Å². The molecule has 39 heavy (non-hydrogen) atoms. The van der Waals surface area contributed by atoms with E-state index in [9.17, 15) is 18.0 Å². The van der Waals surface area contributed by atoms with Crippen LogP contribution in [0.4, 0.5) is 13.2 Å². The second kappa shape index (κ2) is 12.0. The highest BCUT2D eigenvalue weighted by Crippen LogP contribution is 2.37. The summed E-state index contributed by atoms with van der Waals surface area (Å²) in [5.41, 5.74) is 1.78. The predicted octanol–water partition coefficient (Wildman–Crippen LogP) is 3.51. The summed E-state index contributed by atoms with van der Waals surface area (Å²) in [5, 5.41) is 6.47. The molecule has 206 valence electrons. The van der Waals surface area contributed by atoms with Gasteiger partial charge in [-0.2, -0.15) is 13.2 Å². The first-order valence-electron chi connectivity index (χ1n) is 13.0. The molecule has 2 fully saturated rings. The molecule has 11 heteroatoms. The zero-order valence-corrected chi connectivity index (χ0v) is 22.2. The van der Waals surface area contributed by atoms with Crippen molar-refractivity contribution in [1.29, 1.82) is 0 Å². The van der Waals surface area contributed by atoms with Gasteiger partial charge in [-0.25, -0.2) is 0 Å². The van der Waals surface area contributed by atoms with E-state index in [-0.39, 0.29) is 11.9 Å². The molecular formula is C28H31F3N6OS. The second-order valence-electron chi connectivity index (χ2n) is 9.61. The minimum absolute atomic E-state index is 0.0610. The maximum atomic E-state index is 13.2. The van der Waals surface area contributed by atoms with E-state index in [1.807, 2.05) is 30.3 Å². The van der Waals surface area contributed by atoms with E-state index in [0.717, 1.165) is 67.4 Å². The lowest BCUT2D eigenvalue weighted by molar-refractivity contribution is -0.137. The van der Waals surface area contributed by atoms with Crippen LogP contribution in [0.3, 0.4) is 0 Å². The van der Waals surface area contributed by atoms with Crippen molar-refractivity contribution in [2.24, 2.45) is 0 Å². The van der Waals surface area contributed by atoms with E-state index >= 15 is 0 Å². The smallest absolute Gasteiger partial charge is 0.352 e. The van der Waals surface area contributed by atoms with E-state index < -0.39 is 16.6 Å². The molecule has 2 N–H and O–H groups in total. The van der Waals surface area contributed by atoms with Crippen LogP contribution < -0.4 is 10.6 Å². The van der Waals surface area contributed by atoms with Gasteiger partial charge in [0.15, 0.2) is 4.87 Å². The van der Waals surface area contributed by atoms with Crippen LogP contribution in [0, 0.1) is 0 Å². The Balaban J connectivity index is 1.19. The summed E-state index contributed by atoms with van der Waals surface area (Å²) in [4.78, 5) is 25.7. The van der Waals surface area contributed by atoms with Crippen molar-refractivity contribution in [3.8, 4) is 0 Å². The molecule has 0 aliphatic carbocycles. The van der Waals surface area contributed by atoms with E-state index in [1.165, 1.54) is 0 Å². The van der Waals surface area contributed by atoms with Gasteiger partial charge < -0.3 is 5.32 Å². The number of pyridine rings is 2. The summed E-state index contributed by atoms with van der Waals surface area (Å²) in [6.45, 7) is 5.00. The van der Waals surface area contributed by atoms with Crippen LogP contribution >= 0.6 is 11.8 Å². The molecule has 2 aliphatic rings. The summed E-state index contributed by atoms with van der Waals surface area (Å²) < 4.78 is 39.4. The molecule has 7 nitrogen and oxygen atoms in total. The van der Waals surface area contributed by atoms with Crippen molar-refractivity contribution >= 4 is 17.7 Å². The Morgan fingerprint density at radius 2 is 1.85 bits per heavy atom. The van der Waals surface area contributed by atoms with Gasteiger partial charge in [-0.1, -0.05) is 24.3 Å². The third-order valence-electron chi connectivity index (χ3n) is 7.19. The number of halogens is 3. The third kappa shape index (κ3) is 6.27. The number of hydrogen-bond donors (Lipinski definition) is 2. The molecule has 2 atom stereocenters. The lowest BCUT2D eigenvalue weighted by Crippen LogP contribution is -2.52. The number of thioether (sulfide) groups is 1. The fraction of sp³-hybridized carbons (Fsp3) is 0.393. The molecule has 4 heterocycles. The van der Waals surface area contributed by atoms with Crippen molar-refractivity contribution < 1.29 is 18.0 Å². The standard InChI is InChI=1S/C28H31F3N6OS/c29-28(30,31)22-8-6-21(7-9-22)25(24-5-1-2-11-33-24)37-17-15-36(16-18-37)14-12-34-26(38)27(35-13-19-39-27)23-4-3-10-32-20-23/h1-11,20,25,35H,12-19H2,(H,34,38)/t25?,27-/m1/s1. The zero-order chi connectivity index (χ0) is 27.3. The van der Waals surface area contributed by atoms with Crippen molar-refractivity contribution in [3.63, 3.8) is 0 Å². The van der Waals surface area contributed by atoms with Crippen LogP contribution in [0.2, 0.25) is 0 Å². The van der Waals surface area contributed by atoms with Gasteiger partial charge in [-0.3, -0.25) is 29.9 Å². The second-order valence-corrected chi connectivity index (χ2v) is 10.9. The highest BCUT2D eigenvalue weighted by atomic mass is 32.2. The Hall–Kier alpha value is -2.99. The van der Waals surface area contributed by atoms with Gasteiger partial charge in [-0.05, 0) is 35.9 Å². The highest BCUT2D eigenvalue weighted by molar-refractivity contribution is 8.01. The summed E-state index contributed by atoms with van der Waals surface area (Å²) >= 11 is 1.59. The summed E-state index contributed by atoms with van der Waals surface area (Å²) in [7, 11) is 0. The minimum Gasteiger partial charge on any atom is -0.352 e. The zero-order valence-electron chi connectivity index (χ0n) is 21.4. The Bertz CT molecular complexity index is 1220. The van der Waals surface area contributed by atoms with E-state index in [4.69, 9.17) is 0 Å². The number of carbonyl (C=O) groups excluding carboxylic acids is 1. The van der Waals surface area contributed by atoms with Crippen molar-refractivity contribution in [1.82, 2.24) is 30.4 Å². The third-order valence-corrected chi connectivity index (χ3v) is 8.60. The molecule has 0 spiro atoms. The average Bonchev–Trinajstić information content (AvgIpc) is 3.47. The van der Waals surface area contributed by atoms with E-state index in [1.54, 1.807) is 42.5 Å². The number of alkyl halides is 3. The fourth-order valence-electron chi connectivity index (χ4n) is 5.17. The van der Waals surface area contributed by atoms with Crippen LogP contribution in [0.5, 0.6) is 0 Å². The maximum absolute atomic E-state index is 13.2. The van der Waals surface area contributed by atoms with E-state index in [2.05, 4.69) is 30.4 Å². The molecular weight excluding hydrogens is 525 g/mol. The number of nitrogens with one attached hydrogen (secondary N) is 2. The molecule has 0 bridgehead atoms. The Morgan fingerprint density at radius 1 is 1.05 bits per heavy atom. The molecule has 5 rings (SSSR count). The van der Waals surface area contributed by atoms with Crippen LogP contribution in [-0.2, 0) is 15.8 Å². The number of amides is 1. The van der Waals surface area contributed by atoms with Gasteiger partial charge in [0.1, 0.15) is 0 Å². The molecule has 0 radical (unpaired) electrons. The molecule has 0 saturated carbocycles. The summed E-state index contributed by atoms with van der Waals surface area (Å²) in [6.07, 6.45) is 0.772. The largest absolute Gasteiger partial charge is 0.416 e. The number of aromatic nitrogens is 2. The van der Waals surface area contributed by atoms with Gasteiger partial charge in [0.25, 0.3) is 5.91 Å². The maximum Gasteiger partial charge on any atom is 0.416 e. The molecule has 2 saturated heterocycles. The molecule has 2 aromatic heterocycles. The number of piperazine rings is 1. The van der Waals surface area contributed by atoms with Gasteiger partial charge in [0.05, 0.1) is 17.3 Å². The highest BCUT2D eigenvalue weighted by Gasteiger charge is 2.43. The van der Waals surface area contributed by atoms with Gasteiger partial charge in [0.2, 0.25) is 0 Å².